The van der Waals surface area contributed by atoms with Crippen molar-refractivity contribution in [3.05, 3.63) is 24.4 Å². The smallest absolute Gasteiger partial charge is 0.319 e. The van der Waals surface area contributed by atoms with Crippen molar-refractivity contribution in [1.82, 2.24) is 15.1 Å². The molecule has 7 heteroatoms. The lowest BCUT2D eigenvalue weighted by molar-refractivity contribution is 0.150. The van der Waals surface area contributed by atoms with Crippen molar-refractivity contribution in [3.8, 4) is 6.07 Å². The van der Waals surface area contributed by atoms with E-state index >= 15 is 0 Å². The number of nitrogens with one attached hydrogen (secondary N) is 2. The van der Waals surface area contributed by atoms with Crippen LogP contribution in [0.5, 0.6) is 0 Å². The molecule has 0 aliphatic heterocycles. The molecular weight excluding hydrogens is 306 g/mol. The van der Waals surface area contributed by atoms with Crippen LogP contribution in [0, 0.1) is 17.2 Å². The van der Waals surface area contributed by atoms with Gasteiger partial charge in [-0.25, -0.2) is 4.79 Å². The first kappa shape index (κ1) is 16.3. The van der Waals surface area contributed by atoms with E-state index in [1.807, 2.05) is 36.7 Å². The van der Waals surface area contributed by atoms with Crippen molar-refractivity contribution < 1.29 is 9.90 Å². The van der Waals surface area contributed by atoms with Gasteiger partial charge in [-0.3, -0.25) is 4.68 Å². The minimum absolute atomic E-state index is 0.206. The topological polar surface area (TPSA) is 103 Å². The van der Waals surface area contributed by atoms with Gasteiger partial charge in [0.2, 0.25) is 0 Å². The zero-order chi connectivity index (χ0) is 17.3. The maximum atomic E-state index is 12.2. The molecule has 3 N–H and O–H groups in total. The van der Waals surface area contributed by atoms with Crippen LogP contribution in [-0.2, 0) is 0 Å². The quantitative estimate of drug-likeness (QED) is 0.805. The van der Waals surface area contributed by atoms with E-state index in [1.165, 1.54) is 0 Å². The van der Waals surface area contributed by atoms with Crippen molar-refractivity contribution in [1.29, 1.82) is 5.26 Å². The lowest BCUT2D eigenvalue weighted by Gasteiger charge is -2.17. The summed E-state index contributed by atoms with van der Waals surface area (Å²) in [6.07, 6.45) is 2.01. The van der Waals surface area contributed by atoms with Gasteiger partial charge in [-0.2, -0.15) is 10.4 Å². The van der Waals surface area contributed by atoms with Gasteiger partial charge in [0.15, 0.2) is 0 Å². The van der Waals surface area contributed by atoms with Gasteiger partial charge < -0.3 is 15.7 Å². The summed E-state index contributed by atoms with van der Waals surface area (Å²) >= 11 is 0. The molecule has 3 atom stereocenters. The number of carbonyl (C=O) groups is 1. The van der Waals surface area contributed by atoms with Crippen molar-refractivity contribution in [2.24, 2.45) is 5.92 Å². The first-order valence-corrected chi connectivity index (χ1v) is 8.10. The van der Waals surface area contributed by atoms with Gasteiger partial charge in [-0.15, -0.1) is 0 Å². The van der Waals surface area contributed by atoms with Crippen LogP contribution in [0.3, 0.4) is 0 Å². The highest BCUT2D eigenvalue weighted by Crippen LogP contribution is 2.26. The number of hydrogen-bond donors (Lipinski definition) is 3. The van der Waals surface area contributed by atoms with Crippen molar-refractivity contribution in [2.45, 2.75) is 44.9 Å². The Morgan fingerprint density at radius 3 is 2.92 bits per heavy atom. The Morgan fingerprint density at radius 1 is 1.46 bits per heavy atom. The van der Waals surface area contributed by atoms with Crippen molar-refractivity contribution >= 4 is 22.6 Å². The Morgan fingerprint density at radius 2 is 2.25 bits per heavy atom. The van der Waals surface area contributed by atoms with Crippen LogP contribution in [-0.4, -0.2) is 33.1 Å². The first-order valence-electron chi connectivity index (χ1n) is 8.10. The van der Waals surface area contributed by atoms with Crippen LogP contribution < -0.4 is 10.6 Å². The number of carbonyl (C=O) groups excluding carboxylic acids is 1. The molecule has 0 radical (unpaired) electrons. The Hall–Kier alpha value is -2.59. The monoisotopic (exact) mass is 327 g/mol. The van der Waals surface area contributed by atoms with Gasteiger partial charge in [-0.1, -0.05) is 0 Å². The second-order valence-electron chi connectivity index (χ2n) is 6.53. The molecule has 1 aromatic carbocycles. The summed E-state index contributed by atoms with van der Waals surface area (Å²) in [5.41, 5.74) is 1.61. The zero-order valence-electron chi connectivity index (χ0n) is 13.7. The predicted octanol–water partition coefficient (Wildman–Crippen LogP) is 2.40. The fourth-order valence-corrected chi connectivity index (χ4v) is 3.14. The Balaban J connectivity index is 1.69. The number of hydrogen-bond acceptors (Lipinski definition) is 4. The predicted molar refractivity (Wildman–Crippen MR) is 90.4 cm³/mol. The second-order valence-corrected chi connectivity index (χ2v) is 6.53. The summed E-state index contributed by atoms with van der Waals surface area (Å²) < 4.78 is 1.90. The third kappa shape index (κ3) is 3.19. The van der Waals surface area contributed by atoms with Crippen LogP contribution in [0.2, 0.25) is 0 Å². The number of fused-ring (bicyclic) bond motifs is 1. The van der Waals surface area contributed by atoms with E-state index in [0.717, 1.165) is 10.9 Å². The minimum atomic E-state index is -0.676. The molecule has 1 aliphatic carbocycles. The Labute approximate surface area is 140 Å². The molecule has 1 heterocycles. The molecule has 1 aliphatic rings. The van der Waals surface area contributed by atoms with Crippen molar-refractivity contribution in [3.63, 3.8) is 0 Å². The molecule has 0 bridgehead atoms. The molecule has 0 spiro atoms. The number of nitriles is 1. The third-order valence-electron chi connectivity index (χ3n) is 4.37. The number of anilines is 1. The highest BCUT2D eigenvalue weighted by atomic mass is 16.3. The van der Waals surface area contributed by atoms with Crippen molar-refractivity contribution in [2.75, 3.05) is 5.32 Å². The molecule has 2 amide bonds. The summed E-state index contributed by atoms with van der Waals surface area (Å²) in [7, 11) is 0. The number of aromatic nitrogens is 2. The fraction of sp³-hybridized carbons (Fsp3) is 0.471. The average Bonchev–Trinajstić information content (AvgIpc) is 3.10. The van der Waals surface area contributed by atoms with Gasteiger partial charge >= 0.3 is 6.03 Å². The Kier molecular flexibility index (Phi) is 4.40. The van der Waals surface area contributed by atoms with Gasteiger partial charge in [0, 0.05) is 17.1 Å². The highest BCUT2D eigenvalue weighted by molar-refractivity contribution is 5.92. The molecule has 1 aromatic heterocycles. The standard InChI is InChI=1S/C17H21N5O2/c1-10(2)22-15-7-13(4-3-12(15)9-19-22)20-17(24)21-14-5-11(8-18)6-16(14)23/h3-4,7,9-11,14,16,23H,5-6H2,1-2H3,(H2,20,21,24)/t11-,14+,16+/m0/s1. The summed E-state index contributed by atoms with van der Waals surface area (Å²) in [5.74, 6) is -0.206. The number of aliphatic hydroxyl groups excluding tert-OH is 1. The van der Waals surface area contributed by atoms with Crippen LogP contribution in [0.1, 0.15) is 32.7 Å². The fourth-order valence-electron chi connectivity index (χ4n) is 3.14. The highest BCUT2D eigenvalue weighted by Gasteiger charge is 2.33. The van der Waals surface area contributed by atoms with Crippen LogP contribution in [0.15, 0.2) is 24.4 Å². The maximum Gasteiger partial charge on any atom is 0.319 e. The SMILES string of the molecule is CC(C)n1ncc2ccc(NC(=O)N[C@@H]3C[C@H](C#N)C[C@H]3O)cc21. The normalized spacial score (nSPS) is 23.4. The van der Waals surface area contributed by atoms with E-state index in [4.69, 9.17) is 5.26 Å². The summed E-state index contributed by atoms with van der Waals surface area (Å²) in [5, 5.41) is 29.7. The molecular formula is C17H21N5O2. The van der Waals surface area contributed by atoms with E-state index in [9.17, 15) is 9.90 Å². The molecule has 1 saturated carbocycles. The first-order chi connectivity index (χ1) is 11.5. The molecule has 1 fully saturated rings. The van der Waals surface area contributed by atoms with Gasteiger partial charge in [0.1, 0.15) is 0 Å². The van der Waals surface area contributed by atoms with E-state index in [-0.39, 0.29) is 24.0 Å². The molecule has 0 unspecified atom stereocenters. The van der Waals surface area contributed by atoms with Crippen LogP contribution in [0.4, 0.5) is 10.5 Å². The maximum absolute atomic E-state index is 12.2. The number of amides is 2. The average molecular weight is 327 g/mol. The third-order valence-corrected chi connectivity index (χ3v) is 4.37. The van der Waals surface area contributed by atoms with E-state index < -0.39 is 6.10 Å². The second kappa shape index (κ2) is 6.49. The van der Waals surface area contributed by atoms with Crippen LogP contribution >= 0.6 is 0 Å². The number of rotatable bonds is 3. The van der Waals surface area contributed by atoms with Gasteiger partial charge in [-0.05, 0) is 44.9 Å². The lowest BCUT2D eigenvalue weighted by atomic mass is 10.1. The lowest BCUT2D eigenvalue weighted by Crippen LogP contribution is -2.42. The Bertz CT molecular complexity index is 792. The summed E-state index contributed by atoms with van der Waals surface area (Å²) in [6.45, 7) is 4.10. The summed E-state index contributed by atoms with van der Waals surface area (Å²) in [6, 6.07) is 7.20. The minimum Gasteiger partial charge on any atom is -0.391 e. The molecule has 7 nitrogen and oxygen atoms in total. The molecule has 0 saturated heterocycles. The van der Waals surface area contributed by atoms with Crippen LogP contribution in [0.25, 0.3) is 10.9 Å². The van der Waals surface area contributed by atoms with E-state index in [2.05, 4.69) is 21.8 Å². The summed E-state index contributed by atoms with van der Waals surface area (Å²) in [4.78, 5) is 12.2. The molecule has 24 heavy (non-hydrogen) atoms. The molecule has 3 rings (SSSR count). The number of benzene rings is 1. The zero-order valence-corrected chi connectivity index (χ0v) is 13.7. The molecule has 2 aromatic rings. The molecule has 126 valence electrons. The van der Waals surface area contributed by atoms with Gasteiger partial charge in [0.25, 0.3) is 0 Å². The van der Waals surface area contributed by atoms with E-state index in [1.54, 1.807) is 6.20 Å². The largest absolute Gasteiger partial charge is 0.391 e. The number of aliphatic hydroxyl groups is 1. The number of nitrogens with zero attached hydrogens (tertiary/aromatic N) is 3. The van der Waals surface area contributed by atoms with Gasteiger partial charge in [0.05, 0.1) is 35.8 Å². The number of urea groups is 1. The van der Waals surface area contributed by atoms with E-state index in [0.29, 0.717) is 18.5 Å².